The van der Waals surface area contributed by atoms with Crippen molar-refractivity contribution < 1.29 is 8.42 Å². The van der Waals surface area contributed by atoms with E-state index in [1.54, 1.807) is 12.1 Å². The first kappa shape index (κ1) is 20.6. The zero-order valence-electron chi connectivity index (χ0n) is 16.3. The summed E-state index contributed by atoms with van der Waals surface area (Å²) in [7, 11) is -3.52. The first-order valence-corrected chi connectivity index (χ1v) is 11.5. The maximum Gasteiger partial charge on any atom is 0.243 e. The molecule has 156 valence electrons. The summed E-state index contributed by atoms with van der Waals surface area (Å²) in [6, 6.07) is 20.1. The number of nitrogens with one attached hydrogen (secondary N) is 1. The number of hydrogen-bond acceptors (Lipinski definition) is 6. The van der Waals surface area contributed by atoms with Gasteiger partial charge in [0.1, 0.15) is 5.82 Å². The molecule has 0 radical (unpaired) electrons. The molecule has 1 saturated heterocycles. The monoisotopic (exact) mass is 443 g/mol. The predicted molar refractivity (Wildman–Crippen MR) is 118 cm³/mol. The van der Waals surface area contributed by atoms with Crippen LogP contribution < -0.4 is 10.2 Å². The summed E-state index contributed by atoms with van der Waals surface area (Å²) in [4.78, 5) is 2.30. The van der Waals surface area contributed by atoms with Crippen LogP contribution in [0.5, 0.6) is 0 Å². The van der Waals surface area contributed by atoms with E-state index in [2.05, 4.69) is 15.5 Å². The Morgan fingerprint density at radius 2 is 1.57 bits per heavy atom. The second-order valence-corrected chi connectivity index (χ2v) is 9.34. The van der Waals surface area contributed by atoms with Gasteiger partial charge in [-0.25, -0.2) is 8.42 Å². The van der Waals surface area contributed by atoms with E-state index in [1.807, 2.05) is 47.4 Å². The molecule has 3 aromatic rings. The normalized spacial score (nSPS) is 15.2. The predicted octanol–water partition coefficient (Wildman–Crippen LogP) is 3.25. The van der Waals surface area contributed by atoms with E-state index in [1.165, 1.54) is 22.0 Å². The number of anilines is 2. The quantitative estimate of drug-likeness (QED) is 0.630. The van der Waals surface area contributed by atoms with Crippen molar-refractivity contribution in [2.75, 3.05) is 36.4 Å². The Labute approximate surface area is 181 Å². The average Bonchev–Trinajstić information content (AvgIpc) is 2.79. The fourth-order valence-electron chi connectivity index (χ4n) is 3.29. The number of halogens is 1. The van der Waals surface area contributed by atoms with Crippen molar-refractivity contribution in [1.82, 2.24) is 14.5 Å². The van der Waals surface area contributed by atoms with Gasteiger partial charge in [-0.2, -0.15) is 4.31 Å². The molecule has 0 atom stereocenters. The summed E-state index contributed by atoms with van der Waals surface area (Å²) in [5, 5.41) is 12.3. The first-order chi connectivity index (χ1) is 14.5. The van der Waals surface area contributed by atoms with Crippen molar-refractivity contribution in [3.05, 3.63) is 77.3 Å². The van der Waals surface area contributed by atoms with E-state index in [9.17, 15) is 8.42 Å². The highest BCUT2D eigenvalue weighted by Gasteiger charge is 2.29. The van der Waals surface area contributed by atoms with Gasteiger partial charge in [0.2, 0.25) is 10.0 Å². The van der Waals surface area contributed by atoms with Crippen LogP contribution >= 0.6 is 11.6 Å². The van der Waals surface area contributed by atoms with Crippen molar-refractivity contribution in [3.8, 4) is 0 Å². The van der Waals surface area contributed by atoms with Gasteiger partial charge in [-0.15, -0.1) is 10.2 Å². The summed E-state index contributed by atoms with van der Waals surface area (Å²) in [6.45, 7) is 2.56. The molecule has 7 nitrogen and oxygen atoms in total. The van der Waals surface area contributed by atoms with Crippen LogP contribution in [0, 0.1) is 0 Å². The molecule has 0 aliphatic carbocycles. The number of nitrogens with zero attached hydrogens (tertiary/aromatic N) is 4. The minimum Gasteiger partial charge on any atom is -0.365 e. The van der Waals surface area contributed by atoms with Crippen LogP contribution in [-0.2, 0) is 16.6 Å². The number of piperazine rings is 1. The summed E-state index contributed by atoms with van der Waals surface area (Å²) in [6.07, 6.45) is 0. The lowest BCUT2D eigenvalue weighted by molar-refractivity contribution is 0.383. The highest BCUT2D eigenvalue weighted by atomic mass is 35.5. The van der Waals surface area contributed by atoms with E-state index < -0.39 is 10.0 Å². The van der Waals surface area contributed by atoms with Crippen molar-refractivity contribution in [1.29, 1.82) is 0 Å². The Balaban J connectivity index is 1.34. The third kappa shape index (κ3) is 4.72. The maximum absolute atomic E-state index is 12.8. The molecule has 0 amide bonds. The average molecular weight is 444 g/mol. The van der Waals surface area contributed by atoms with Gasteiger partial charge in [0, 0.05) is 37.7 Å². The molecular formula is C21H22ClN5O2S. The van der Waals surface area contributed by atoms with Gasteiger partial charge >= 0.3 is 0 Å². The molecule has 1 aliphatic heterocycles. The molecule has 1 N–H and O–H groups in total. The van der Waals surface area contributed by atoms with Crippen LogP contribution in [0.1, 0.15) is 5.56 Å². The molecular weight excluding hydrogens is 422 g/mol. The number of benzene rings is 2. The Bertz CT molecular complexity index is 1070. The van der Waals surface area contributed by atoms with E-state index in [0.29, 0.717) is 43.6 Å². The lowest BCUT2D eigenvalue weighted by atomic mass is 10.2. The Morgan fingerprint density at radius 1 is 0.867 bits per heavy atom. The molecule has 0 saturated carbocycles. The Morgan fingerprint density at radius 3 is 2.20 bits per heavy atom. The van der Waals surface area contributed by atoms with Crippen LogP contribution in [-0.4, -0.2) is 49.1 Å². The molecule has 1 fully saturated rings. The second-order valence-electron chi connectivity index (χ2n) is 6.96. The third-order valence-corrected chi connectivity index (χ3v) is 7.15. The van der Waals surface area contributed by atoms with Crippen LogP contribution in [0.25, 0.3) is 0 Å². The Hall–Kier alpha value is -2.68. The summed E-state index contributed by atoms with van der Waals surface area (Å²) in [5.41, 5.74) is 1.17. The molecule has 0 bridgehead atoms. The number of aromatic nitrogens is 2. The van der Waals surface area contributed by atoms with E-state index in [4.69, 9.17) is 11.6 Å². The summed E-state index contributed by atoms with van der Waals surface area (Å²) >= 11 is 5.86. The molecule has 9 heteroatoms. The fourth-order valence-corrected chi connectivity index (χ4v) is 4.84. The third-order valence-electron chi connectivity index (χ3n) is 4.98. The summed E-state index contributed by atoms with van der Waals surface area (Å²) < 4.78 is 27.1. The smallest absolute Gasteiger partial charge is 0.243 e. The van der Waals surface area contributed by atoms with Crippen LogP contribution in [0.3, 0.4) is 0 Å². The molecule has 30 heavy (non-hydrogen) atoms. The van der Waals surface area contributed by atoms with Gasteiger partial charge in [0.15, 0.2) is 5.82 Å². The van der Waals surface area contributed by atoms with Gasteiger partial charge in [-0.3, -0.25) is 0 Å². The van der Waals surface area contributed by atoms with Crippen LogP contribution in [0.15, 0.2) is 71.6 Å². The van der Waals surface area contributed by atoms with Crippen molar-refractivity contribution in [3.63, 3.8) is 0 Å². The second kappa shape index (κ2) is 8.99. The van der Waals surface area contributed by atoms with Gasteiger partial charge < -0.3 is 10.2 Å². The summed E-state index contributed by atoms with van der Waals surface area (Å²) in [5.74, 6) is 1.44. The van der Waals surface area contributed by atoms with Gasteiger partial charge in [0.25, 0.3) is 0 Å². The van der Waals surface area contributed by atoms with E-state index in [-0.39, 0.29) is 4.90 Å². The van der Waals surface area contributed by atoms with Gasteiger partial charge in [-0.1, -0.05) is 41.9 Å². The Kier molecular flexibility index (Phi) is 6.17. The van der Waals surface area contributed by atoms with Crippen LogP contribution in [0.2, 0.25) is 5.02 Å². The fraction of sp³-hybridized carbons (Fsp3) is 0.238. The number of hydrogen-bond donors (Lipinski definition) is 1. The molecule has 0 unspecified atom stereocenters. The standard InChI is InChI=1S/C21H22ClN5O2S/c22-18-6-8-19(9-7-18)30(28,29)27-14-12-26(13-15-27)21-11-10-20(24-25-21)23-16-17-4-2-1-3-5-17/h1-11H,12-16H2,(H,23,24). The van der Waals surface area contributed by atoms with Gasteiger partial charge in [0.05, 0.1) is 4.90 Å². The van der Waals surface area contributed by atoms with Gasteiger partial charge in [-0.05, 0) is 42.0 Å². The highest BCUT2D eigenvalue weighted by molar-refractivity contribution is 7.89. The SMILES string of the molecule is O=S(=O)(c1ccc(Cl)cc1)N1CCN(c2ccc(NCc3ccccc3)nn2)CC1. The molecule has 2 aromatic carbocycles. The van der Waals surface area contributed by atoms with Crippen molar-refractivity contribution in [2.45, 2.75) is 11.4 Å². The van der Waals surface area contributed by atoms with Crippen LogP contribution in [0.4, 0.5) is 11.6 Å². The molecule has 4 rings (SSSR count). The lowest BCUT2D eigenvalue weighted by Gasteiger charge is -2.34. The largest absolute Gasteiger partial charge is 0.365 e. The highest BCUT2D eigenvalue weighted by Crippen LogP contribution is 2.21. The van der Waals surface area contributed by atoms with Crippen molar-refractivity contribution >= 4 is 33.3 Å². The topological polar surface area (TPSA) is 78.4 Å². The minimum atomic E-state index is -3.52. The molecule has 1 aliphatic rings. The lowest BCUT2D eigenvalue weighted by Crippen LogP contribution is -2.48. The molecule has 0 spiro atoms. The number of rotatable bonds is 6. The maximum atomic E-state index is 12.8. The zero-order chi connectivity index (χ0) is 21.0. The van der Waals surface area contributed by atoms with E-state index >= 15 is 0 Å². The molecule has 2 heterocycles. The minimum absolute atomic E-state index is 0.258. The van der Waals surface area contributed by atoms with Crippen molar-refractivity contribution in [2.24, 2.45) is 0 Å². The number of sulfonamides is 1. The molecule has 1 aromatic heterocycles. The zero-order valence-corrected chi connectivity index (χ0v) is 17.9. The first-order valence-electron chi connectivity index (χ1n) is 9.64. The van der Waals surface area contributed by atoms with E-state index in [0.717, 1.165) is 5.82 Å².